The molecule has 3 rings (SSSR count). The van der Waals surface area contributed by atoms with Crippen molar-refractivity contribution < 1.29 is 4.79 Å². The third-order valence-electron chi connectivity index (χ3n) is 5.73. The van der Waals surface area contributed by atoms with Crippen molar-refractivity contribution in [2.24, 2.45) is 17.8 Å². The normalized spacial score (nSPS) is 34.3. The van der Waals surface area contributed by atoms with Gasteiger partial charge in [0, 0.05) is 6.54 Å². The lowest BCUT2D eigenvalue weighted by Gasteiger charge is -2.29. The van der Waals surface area contributed by atoms with Gasteiger partial charge in [0.15, 0.2) is 0 Å². The average molecular weight is 278 g/mol. The maximum Gasteiger partial charge on any atom is 0.243 e. The molecular weight excluding hydrogens is 248 g/mol. The lowest BCUT2D eigenvalue weighted by molar-refractivity contribution is -0.133. The molecular formula is C17H30N2O. The van der Waals surface area contributed by atoms with Crippen LogP contribution >= 0.6 is 0 Å². The molecule has 0 spiro atoms. The maximum absolute atomic E-state index is 12.8. The van der Waals surface area contributed by atoms with Gasteiger partial charge < -0.3 is 4.90 Å². The molecule has 1 heterocycles. The van der Waals surface area contributed by atoms with Crippen LogP contribution in [-0.4, -0.2) is 29.1 Å². The molecule has 2 aliphatic carbocycles. The number of carbonyl (C=O) groups is 1. The second-order valence-electron chi connectivity index (χ2n) is 7.43. The van der Waals surface area contributed by atoms with Crippen LogP contribution in [0.15, 0.2) is 0 Å². The van der Waals surface area contributed by atoms with Gasteiger partial charge in [-0.25, -0.2) is 0 Å². The van der Waals surface area contributed by atoms with Gasteiger partial charge >= 0.3 is 0 Å². The number of rotatable bonds is 7. The van der Waals surface area contributed by atoms with Crippen molar-refractivity contribution in [2.75, 3.05) is 6.54 Å². The molecule has 1 aliphatic heterocycles. The number of carbonyl (C=O) groups excluding carboxylic acids is 1. The molecule has 3 heteroatoms. The van der Waals surface area contributed by atoms with Gasteiger partial charge in [0.05, 0.1) is 11.7 Å². The Kier molecular flexibility index (Phi) is 3.83. The van der Waals surface area contributed by atoms with Crippen LogP contribution in [0.1, 0.15) is 65.7 Å². The Hall–Kier alpha value is -0.570. The van der Waals surface area contributed by atoms with Crippen LogP contribution in [0.5, 0.6) is 0 Å². The van der Waals surface area contributed by atoms with Crippen molar-refractivity contribution in [3.63, 3.8) is 0 Å². The summed E-state index contributed by atoms with van der Waals surface area (Å²) in [5.41, 5.74) is -0.322. The molecule has 1 N–H and O–H groups in total. The SMILES string of the molecule is CCCC1NC(C)(CC)C(=O)N1CC(C1CC1)C1CC1. The molecule has 1 amide bonds. The van der Waals surface area contributed by atoms with E-state index in [0.717, 1.165) is 43.6 Å². The monoisotopic (exact) mass is 278 g/mol. The first-order valence-electron chi connectivity index (χ1n) is 8.67. The van der Waals surface area contributed by atoms with Gasteiger partial charge in [-0.1, -0.05) is 20.3 Å². The van der Waals surface area contributed by atoms with Crippen molar-refractivity contribution in [2.45, 2.75) is 77.4 Å². The van der Waals surface area contributed by atoms with E-state index in [-0.39, 0.29) is 11.7 Å². The van der Waals surface area contributed by atoms with Gasteiger partial charge in [0.2, 0.25) is 5.91 Å². The zero-order valence-electron chi connectivity index (χ0n) is 13.3. The molecule has 2 atom stereocenters. The maximum atomic E-state index is 12.8. The summed E-state index contributed by atoms with van der Waals surface area (Å²) in [4.78, 5) is 15.0. The van der Waals surface area contributed by atoms with E-state index in [1.54, 1.807) is 0 Å². The summed E-state index contributed by atoms with van der Waals surface area (Å²) >= 11 is 0. The van der Waals surface area contributed by atoms with Gasteiger partial charge in [-0.3, -0.25) is 10.1 Å². The fourth-order valence-electron chi connectivity index (χ4n) is 3.89. The number of nitrogens with one attached hydrogen (secondary N) is 1. The standard InChI is InChI=1S/C17H30N2O/c1-4-6-15-18-17(3,5-2)16(20)19(15)11-14(12-7-8-12)13-9-10-13/h12-15,18H,4-11H2,1-3H3. The summed E-state index contributed by atoms with van der Waals surface area (Å²) < 4.78 is 0. The Balaban J connectivity index is 1.72. The topological polar surface area (TPSA) is 32.3 Å². The van der Waals surface area contributed by atoms with E-state index in [2.05, 4.69) is 31.0 Å². The third kappa shape index (κ3) is 2.61. The van der Waals surface area contributed by atoms with Crippen LogP contribution < -0.4 is 5.32 Å². The Labute approximate surface area is 123 Å². The van der Waals surface area contributed by atoms with E-state index >= 15 is 0 Å². The van der Waals surface area contributed by atoms with E-state index in [1.807, 2.05) is 0 Å². The highest BCUT2D eigenvalue weighted by molar-refractivity contribution is 5.88. The first kappa shape index (κ1) is 14.4. The van der Waals surface area contributed by atoms with Crippen molar-refractivity contribution in [3.05, 3.63) is 0 Å². The molecule has 3 fully saturated rings. The average Bonchev–Trinajstić information content (AvgIpc) is 3.31. The van der Waals surface area contributed by atoms with Crippen molar-refractivity contribution in [1.29, 1.82) is 0 Å². The lowest BCUT2D eigenvalue weighted by Crippen LogP contribution is -2.43. The molecule has 3 nitrogen and oxygen atoms in total. The van der Waals surface area contributed by atoms with E-state index in [1.165, 1.54) is 25.7 Å². The van der Waals surface area contributed by atoms with Crippen LogP contribution in [0, 0.1) is 17.8 Å². The molecule has 20 heavy (non-hydrogen) atoms. The van der Waals surface area contributed by atoms with Crippen LogP contribution in [-0.2, 0) is 4.79 Å². The highest BCUT2D eigenvalue weighted by Gasteiger charge is 2.49. The van der Waals surface area contributed by atoms with Gasteiger partial charge in [0.25, 0.3) is 0 Å². The van der Waals surface area contributed by atoms with Gasteiger partial charge in [-0.05, 0) is 63.2 Å². The fourth-order valence-corrected chi connectivity index (χ4v) is 3.89. The second kappa shape index (κ2) is 5.32. The van der Waals surface area contributed by atoms with Gasteiger partial charge in [0.1, 0.15) is 0 Å². The number of hydrogen-bond donors (Lipinski definition) is 1. The summed E-state index contributed by atoms with van der Waals surface area (Å²) in [5, 5.41) is 3.62. The first-order chi connectivity index (χ1) is 9.59. The molecule has 2 unspecified atom stereocenters. The van der Waals surface area contributed by atoms with E-state index in [4.69, 9.17) is 0 Å². The zero-order chi connectivity index (χ0) is 14.3. The summed E-state index contributed by atoms with van der Waals surface area (Å²) in [6.07, 6.45) is 9.00. The molecule has 1 saturated heterocycles. The van der Waals surface area contributed by atoms with Gasteiger partial charge in [-0.15, -0.1) is 0 Å². The van der Waals surface area contributed by atoms with E-state index < -0.39 is 0 Å². The predicted octanol–water partition coefficient (Wildman–Crippen LogP) is 3.15. The minimum Gasteiger partial charge on any atom is -0.325 e. The Bertz CT molecular complexity index is 363. The molecule has 2 saturated carbocycles. The highest BCUT2D eigenvalue weighted by Crippen LogP contribution is 2.50. The van der Waals surface area contributed by atoms with Crippen LogP contribution in [0.25, 0.3) is 0 Å². The van der Waals surface area contributed by atoms with Crippen LogP contribution in [0.2, 0.25) is 0 Å². The minimum atomic E-state index is -0.322. The summed E-state index contributed by atoms with van der Waals surface area (Å²) in [6.45, 7) is 7.44. The third-order valence-corrected chi connectivity index (χ3v) is 5.73. The lowest BCUT2D eigenvalue weighted by atomic mass is 9.95. The summed E-state index contributed by atoms with van der Waals surface area (Å²) in [6, 6.07) is 0. The minimum absolute atomic E-state index is 0.275. The largest absolute Gasteiger partial charge is 0.325 e. The van der Waals surface area contributed by atoms with Gasteiger partial charge in [-0.2, -0.15) is 0 Å². The molecule has 0 aromatic carbocycles. The van der Waals surface area contributed by atoms with Crippen molar-refractivity contribution in [1.82, 2.24) is 10.2 Å². The second-order valence-corrected chi connectivity index (χ2v) is 7.43. The Morgan fingerprint density at radius 2 is 1.85 bits per heavy atom. The Morgan fingerprint density at radius 1 is 1.25 bits per heavy atom. The quantitative estimate of drug-likeness (QED) is 0.776. The fraction of sp³-hybridized carbons (Fsp3) is 0.941. The van der Waals surface area contributed by atoms with Crippen molar-refractivity contribution in [3.8, 4) is 0 Å². The number of hydrogen-bond acceptors (Lipinski definition) is 2. The predicted molar refractivity (Wildman–Crippen MR) is 81.2 cm³/mol. The number of nitrogens with zero attached hydrogens (tertiary/aromatic N) is 1. The van der Waals surface area contributed by atoms with Crippen LogP contribution in [0.3, 0.4) is 0 Å². The summed E-state index contributed by atoms with van der Waals surface area (Å²) in [7, 11) is 0. The van der Waals surface area contributed by atoms with Crippen molar-refractivity contribution >= 4 is 5.91 Å². The molecule has 0 aromatic rings. The highest BCUT2D eigenvalue weighted by atomic mass is 16.2. The van der Waals surface area contributed by atoms with E-state index in [0.29, 0.717) is 5.91 Å². The molecule has 3 aliphatic rings. The molecule has 0 radical (unpaired) electrons. The zero-order valence-corrected chi connectivity index (χ0v) is 13.3. The van der Waals surface area contributed by atoms with E-state index in [9.17, 15) is 4.79 Å². The van der Waals surface area contributed by atoms with Crippen LogP contribution in [0.4, 0.5) is 0 Å². The number of amides is 1. The smallest absolute Gasteiger partial charge is 0.243 e. The summed E-state index contributed by atoms with van der Waals surface area (Å²) in [5.74, 6) is 2.99. The first-order valence-corrected chi connectivity index (χ1v) is 8.67. The molecule has 114 valence electrons. The Morgan fingerprint density at radius 3 is 2.30 bits per heavy atom. The molecule has 0 aromatic heterocycles. The molecule has 0 bridgehead atoms.